The van der Waals surface area contributed by atoms with E-state index in [4.69, 9.17) is 4.74 Å². The van der Waals surface area contributed by atoms with Crippen LogP contribution in [0.25, 0.3) is 33.3 Å². The van der Waals surface area contributed by atoms with Crippen molar-refractivity contribution < 1.29 is 9.53 Å². The van der Waals surface area contributed by atoms with E-state index in [-0.39, 0.29) is 0 Å². The summed E-state index contributed by atoms with van der Waals surface area (Å²) >= 11 is 0. The summed E-state index contributed by atoms with van der Waals surface area (Å²) in [6, 6.07) is 15.6. The van der Waals surface area contributed by atoms with E-state index < -0.39 is 0 Å². The number of methoxy groups -OCH3 is 1. The molecule has 0 spiro atoms. The van der Waals surface area contributed by atoms with Crippen LogP contribution in [0.15, 0.2) is 79.6 Å². The third-order valence-electron chi connectivity index (χ3n) is 5.28. The molecule has 0 radical (unpaired) electrons. The van der Waals surface area contributed by atoms with Gasteiger partial charge in [-0.15, -0.1) is 0 Å². The highest BCUT2D eigenvalue weighted by molar-refractivity contribution is 5.97. The van der Waals surface area contributed by atoms with Crippen LogP contribution < -0.4 is 10.1 Å². The number of H-pyrrole nitrogens is 1. The lowest BCUT2D eigenvalue weighted by Gasteiger charge is -2.11. The molecule has 32 heavy (non-hydrogen) atoms. The predicted molar refractivity (Wildman–Crippen MR) is 124 cm³/mol. The number of carbonyl (C=O) groups excluding carboxylic acids is 1. The van der Waals surface area contributed by atoms with E-state index in [0.717, 1.165) is 45.3 Å². The van der Waals surface area contributed by atoms with Gasteiger partial charge in [0.05, 0.1) is 25.2 Å². The summed E-state index contributed by atoms with van der Waals surface area (Å²) in [6.07, 6.45) is 9.33. The first-order valence-corrected chi connectivity index (χ1v) is 9.99. The van der Waals surface area contributed by atoms with Gasteiger partial charge >= 0.3 is 0 Å². The first-order chi connectivity index (χ1) is 15.8. The minimum Gasteiger partial charge on any atom is -0.496 e. The second kappa shape index (κ2) is 8.31. The SMILES string of the molecule is COc1ccccc1-c1c[nH]c2ncc(-c3ccc(Nc4cncnc4)c(C=O)c3)cc12. The van der Waals surface area contributed by atoms with Gasteiger partial charge in [0.1, 0.15) is 17.7 Å². The molecular formula is C25H19N5O2. The predicted octanol–water partition coefficient (Wildman–Crippen LogP) is 5.25. The van der Waals surface area contributed by atoms with Crippen LogP contribution in [0.3, 0.4) is 0 Å². The monoisotopic (exact) mass is 421 g/mol. The minimum absolute atomic E-state index is 0.533. The quantitative estimate of drug-likeness (QED) is 0.364. The molecule has 0 aliphatic rings. The van der Waals surface area contributed by atoms with E-state index in [9.17, 15) is 4.79 Å². The third-order valence-corrected chi connectivity index (χ3v) is 5.28. The van der Waals surface area contributed by atoms with E-state index in [1.807, 2.05) is 48.7 Å². The number of hydrogen-bond acceptors (Lipinski definition) is 6. The Morgan fingerprint density at radius 3 is 2.62 bits per heavy atom. The van der Waals surface area contributed by atoms with Gasteiger partial charge in [0.25, 0.3) is 0 Å². The maximum absolute atomic E-state index is 11.8. The molecule has 5 rings (SSSR count). The summed E-state index contributed by atoms with van der Waals surface area (Å²) in [5.74, 6) is 0.794. The summed E-state index contributed by atoms with van der Waals surface area (Å²) in [5.41, 5.74) is 6.50. The smallest absolute Gasteiger partial charge is 0.152 e. The molecule has 3 heterocycles. The summed E-state index contributed by atoms with van der Waals surface area (Å²) in [6.45, 7) is 0. The zero-order chi connectivity index (χ0) is 21.9. The number of aromatic nitrogens is 4. The molecule has 0 aliphatic heterocycles. The fraction of sp³-hybridized carbons (Fsp3) is 0.0400. The number of benzene rings is 2. The Labute approximate surface area is 184 Å². The van der Waals surface area contributed by atoms with Crippen molar-refractivity contribution in [3.8, 4) is 28.0 Å². The summed E-state index contributed by atoms with van der Waals surface area (Å²) in [5, 5.41) is 4.16. The van der Waals surface area contributed by atoms with Crippen molar-refractivity contribution >= 4 is 28.7 Å². The van der Waals surface area contributed by atoms with Gasteiger partial charge in [-0.1, -0.05) is 24.3 Å². The average molecular weight is 421 g/mol. The average Bonchev–Trinajstić information content (AvgIpc) is 3.28. The number of rotatable bonds is 6. The minimum atomic E-state index is 0.533. The lowest BCUT2D eigenvalue weighted by atomic mass is 10.00. The van der Waals surface area contributed by atoms with Crippen molar-refractivity contribution in [2.45, 2.75) is 0 Å². The summed E-state index contributed by atoms with van der Waals surface area (Å²) in [7, 11) is 1.66. The molecule has 0 atom stereocenters. The Kier molecular flexibility index (Phi) is 5.05. The molecule has 0 saturated carbocycles. The molecule has 156 valence electrons. The van der Waals surface area contributed by atoms with Gasteiger partial charge in [-0.2, -0.15) is 0 Å². The Balaban J connectivity index is 1.55. The third kappa shape index (κ3) is 3.56. The van der Waals surface area contributed by atoms with E-state index >= 15 is 0 Å². The highest BCUT2D eigenvalue weighted by atomic mass is 16.5. The molecule has 0 amide bonds. The molecule has 0 unspecified atom stereocenters. The molecule has 0 saturated heterocycles. The van der Waals surface area contributed by atoms with Crippen LogP contribution in [-0.2, 0) is 0 Å². The van der Waals surface area contributed by atoms with Crippen LogP contribution in [-0.4, -0.2) is 33.3 Å². The number of hydrogen-bond donors (Lipinski definition) is 2. The van der Waals surface area contributed by atoms with E-state index in [2.05, 4.69) is 31.3 Å². The molecule has 7 nitrogen and oxygen atoms in total. The van der Waals surface area contributed by atoms with Crippen LogP contribution >= 0.6 is 0 Å². The fourth-order valence-corrected chi connectivity index (χ4v) is 3.72. The number of pyridine rings is 1. The number of carbonyl (C=O) groups is 1. The molecule has 0 aliphatic carbocycles. The zero-order valence-electron chi connectivity index (χ0n) is 17.2. The van der Waals surface area contributed by atoms with Gasteiger partial charge in [0.2, 0.25) is 0 Å². The first kappa shape index (κ1) is 19.4. The molecule has 5 aromatic rings. The molecule has 2 N–H and O–H groups in total. The van der Waals surface area contributed by atoms with Gasteiger partial charge in [0.15, 0.2) is 6.29 Å². The maximum atomic E-state index is 11.8. The van der Waals surface area contributed by atoms with E-state index in [1.54, 1.807) is 25.7 Å². The standard InChI is InChI=1S/C25H19N5O2/c1-32-24-5-3-2-4-20(24)22-13-29-25-21(22)9-17(10-28-25)16-6-7-23(18(8-16)14-31)30-19-11-26-15-27-12-19/h2-15,30H,1H3,(H,28,29). The van der Waals surface area contributed by atoms with Crippen LogP contribution in [0, 0.1) is 0 Å². The summed E-state index contributed by atoms with van der Waals surface area (Å²) in [4.78, 5) is 27.6. The normalized spacial score (nSPS) is 10.8. The fourth-order valence-electron chi connectivity index (χ4n) is 3.72. The number of aldehydes is 1. The molecular weight excluding hydrogens is 402 g/mol. The van der Waals surface area contributed by atoms with E-state index in [1.165, 1.54) is 6.33 Å². The lowest BCUT2D eigenvalue weighted by molar-refractivity contribution is 0.112. The van der Waals surface area contributed by atoms with Crippen LogP contribution in [0.5, 0.6) is 5.75 Å². The number of nitrogens with zero attached hydrogens (tertiary/aromatic N) is 3. The zero-order valence-corrected chi connectivity index (χ0v) is 17.2. The Bertz CT molecular complexity index is 1410. The summed E-state index contributed by atoms with van der Waals surface area (Å²) < 4.78 is 5.54. The van der Waals surface area contributed by atoms with Crippen molar-refractivity contribution in [1.82, 2.24) is 19.9 Å². The lowest BCUT2D eigenvalue weighted by Crippen LogP contribution is -1.97. The van der Waals surface area contributed by atoms with Gasteiger partial charge in [-0.25, -0.2) is 15.0 Å². The molecule has 7 heteroatoms. The van der Waals surface area contributed by atoms with Gasteiger partial charge in [-0.3, -0.25) is 4.79 Å². The topological polar surface area (TPSA) is 92.8 Å². The highest BCUT2D eigenvalue weighted by Crippen LogP contribution is 2.36. The number of fused-ring (bicyclic) bond motifs is 1. The van der Waals surface area contributed by atoms with Crippen molar-refractivity contribution in [2.75, 3.05) is 12.4 Å². The first-order valence-electron chi connectivity index (χ1n) is 9.99. The number of anilines is 2. The van der Waals surface area contributed by atoms with Gasteiger partial charge in [-0.05, 0) is 29.8 Å². The highest BCUT2D eigenvalue weighted by Gasteiger charge is 2.13. The maximum Gasteiger partial charge on any atom is 0.152 e. The van der Waals surface area contributed by atoms with Gasteiger partial charge < -0.3 is 15.0 Å². The number of aromatic amines is 1. The number of nitrogens with one attached hydrogen (secondary N) is 2. The molecule has 0 fully saturated rings. The van der Waals surface area contributed by atoms with Crippen LogP contribution in [0.4, 0.5) is 11.4 Å². The second-order valence-corrected chi connectivity index (χ2v) is 7.19. The number of para-hydroxylation sites is 1. The molecule has 2 aromatic carbocycles. The second-order valence-electron chi connectivity index (χ2n) is 7.19. The van der Waals surface area contributed by atoms with E-state index in [0.29, 0.717) is 16.9 Å². The van der Waals surface area contributed by atoms with Crippen molar-refractivity contribution in [3.63, 3.8) is 0 Å². The van der Waals surface area contributed by atoms with Crippen molar-refractivity contribution in [2.24, 2.45) is 0 Å². The Hall–Kier alpha value is -4.52. The largest absolute Gasteiger partial charge is 0.496 e. The Morgan fingerprint density at radius 1 is 0.969 bits per heavy atom. The van der Waals surface area contributed by atoms with Crippen molar-refractivity contribution in [1.29, 1.82) is 0 Å². The Morgan fingerprint density at radius 2 is 1.81 bits per heavy atom. The molecule has 0 bridgehead atoms. The number of ether oxygens (including phenoxy) is 1. The van der Waals surface area contributed by atoms with Crippen LogP contribution in [0.1, 0.15) is 10.4 Å². The molecule has 3 aromatic heterocycles. The van der Waals surface area contributed by atoms with Crippen LogP contribution in [0.2, 0.25) is 0 Å². The van der Waals surface area contributed by atoms with Crippen molar-refractivity contribution in [3.05, 3.63) is 85.2 Å². The van der Waals surface area contributed by atoms with Gasteiger partial charge in [0, 0.05) is 45.7 Å².